The number of carbonyl (C=O) groups is 2. The molecule has 0 aliphatic carbocycles. The molecule has 1 aromatic carbocycles. The van der Waals surface area contributed by atoms with Crippen molar-refractivity contribution in [2.75, 3.05) is 6.61 Å². The number of hydrogen-bond donors (Lipinski definition) is 0. The smallest absolute Gasteiger partial charge is 0.316 e. The standard InChI is InChI=1S/C13H14O3/c1-3-9-16-13(15)10(2)12(14)11-7-5-4-6-8-11/h3-8,10H,1,9H2,2H3. The zero-order valence-corrected chi connectivity index (χ0v) is 9.18. The Morgan fingerprint density at radius 3 is 2.56 bits per heavy atom. The summed E-state index contributed by atoms with van der Waals surface area (Å²) in [4.78, 5) is 23.2. The second-order valence-electron chi connectivity index (χ2n) is 3.37. The van der Waals surface area contributed by atoms with Gasteiger partial charge in [0.2, 0.25) is 0 Å². The molecule has 0 heterocycles. The van der Waals surface area contributed by atoms with Crippen molar-refractivity contribution < 1.29 is 14.3 Å². The molecule has 0 saturated carbocycles. The summed E-state index contributed by atoms with van der Waals surface area (Å²) in [5.41, 5.74) is 0.519. The van der Waals surface area contributed by atoms with Crippen LogP contribution >= 0.6 is 0 Å². The van der Waals surface area contributed by atoms with Gasteiger partial charge in [0.25, 0.3) is 0 Å². The molecule has 1 aromatic rings. The summed E-state index contributed by atoms with van der Waals surface area (Å²) in [5, 5.41) is 0. The van der Waals surface area contributed by atoms with E-state index in [2.05, 4.69) is 6.58 Å². The van der Waals surface area contributed by atoms with Crippen LogP contribution in [-0.2, 0) is 9.53 Å². The zero-order valence-electron chi connectivity index (χ0n) is 9.18. The molecule has 0 amide bonds. The SMILES string of the molecule is C=CCOC(=O)C(C)C(=O)c1ccccc1. The fourth-order valence-electron chi connectivity index (χ4n) is 1.23. The van der Waals surface area contributed by atoms with Crippen LogP contribution in [0.2, 0.25) is 0 Å². The molecule has 16 heavy (non-hydrogen) atoms. The Bertz CT molecular complexity index is 381. The minimum atomic E-state index is -0.776. The van der Waals surface area contributed by atoms with E-state index in [9.17, 15) is 9.59 Å². The molecule has 0 spiro atoms. The Kier molecular flexibility index (Phi) is 4.45. The average Bonchev–Trinajstić information content (AvgIpc) is 2.35. The van der Waals surface area contributed by atoms with Crippen LogP contribution in [0.5, 0.6) is 0 Å². The van der Waals surface area contributed by atoms with E-state index in [1.165, 1.54) is 6.08 Å². The third-order valence-corrected chi connectivity index (χ3v) is 2.15. The fourth-order valence-corrected chi connectivity index (χ4v) is 1.23. The maximum absolute atomic E-state index is 11.8. The molecular formula is C13H14O3. The zero-order chi connectivity index (χ0) is 12.0. The summed E-state index contributed by atoms with van der Waals surface area (Å²) in [5.74, 6) is -1.52. The van der Waals surface area contributed by atoms with Crippen molar-refractivity contribution in [3.8, 4) is 0 Å². The van der Waals surface area contributed by atoms with Gasteiger partial charge in [-0.3, -0.25) is 9.59 Å². The monoisotopic (exact) mass is 218 g/mol. The van der Waals surface area contributed by atoms with E-state index in [4.69, 9.17) is 4.74 Å². The normalized spacial score (nSPS) is 11.6. The van der Waals surface area contributed by atoms with Crippen molar-refractivity contribution in [1.82, 2.24) is 0 Å². The second kappa shape index (κ2) is 5.85. The van der Waals surface area contributed by atoms with E-state index in [0.29, 0.717) is 5.56 Å². The Hall–Kier alpha value is -1.90. The lowest BCUT2D eigenvalue weighted by atomic mass is 10.00. The molecule has 84 valence electrons. The molecule has 3 heteroatoms. The summed E-state index contributed by atoms with van der Waals surface area (Å²) in [6.45, 7) is 5.11. The number of hydrogen-bond acceptors (Lipinski definition) is 3. The summed E-state index contributed by atoms with van der Waals surface area (Å²) >= 11 is 0. The van der Waals surface area contributed by atoms with Gasteiger partial charge >= 0.3 is 5.97 Å². The number of ketones is 1. The Balaban J connectivity index is 2.67. The number of Topliss-reactive ketones (excluding diaryl/α,β-unsaturated/α-hetero) is 1. The van der Waals surface area contributed by atoms with E-state index in [1.54, 1.807) is 31.2 Å². The average molecular weight is 218 g/mol. The molecule has 0 saturated heterocycles. The number of esters is 1. The van der Waals surface area contributed by atoms with Crippen LogP contribution in [0.3, 0.4) is 0 Å². The third-order valence-electron chi connectivity index (χ3n) is 2.15. The van der Waals surface area contributed by atoms with Gasteiger partial charge in [-0.25, -0.2) is 0 Å². The van der Waals surface area contributed by atoms with Gasteiger partial charge in [0.15, 0.2) is 5.78 Å². The predicted molar refractivity (Wildman–Crippen MR) is 61.1 cm³/mol. The highest BCUT2D eigenvalue weighted by Gasteiger charge is 2.23. The van der Waals surface area contributed by atoms with E-state index in [-0.39, 0.29) is 12.4 Å². The van der Waals surface area contributed by atoms with Crippen LogP contribution in [-0.4, -0.2) is 18.4 Å². The topological polar surface area (TPSA) is 43.4 Å². The second-order valence-corrected chi connectivity index (χ2v) is 3.37. The minimum absolute atomic E-state index is 0.130. The maximum atomic E-state index is 11.8. The van der Waals surface area contributed by atoms with Crippen LogP contribution < -0.4 is 0 Å². The van der Waals surface area contributed by atoms with Gasteiger partial charge in [-0.15, -0.1) is 0 Å². The van der Waals surface area contributed by atoms with Crippen LogP contribution in [0.1, 0.15) is 17.3 Å². The van der Waals surface area contributed by atoms with Crippen molar-refractivity contribution in [2.45, 2.75) is 6.92 Å². The van der Waals surface area contributed by atoms with Gasteiger partial charge in [0, 0.05) is 5.56 Å². The highest BCUT2D eigenvalue weighted by molar-refractivity contribution is 6.08. The Labute approximate surface area is 94.7 Å². The number of rotatable bonds is 5. The summed E-state index contributed by atoms with van der Waals surface area (Å²) in [6, 6.07) is 8.70. The molecule has 1 atom stereocenters. The quantitative estimate of drug-likeness (QED) is 0.329. The largest absolute Gasteiger partial charge is 0.461 e. The van der Waals surface area contributed by atoms with E-state index in [0.717, 1.165) is 0 Å². The molecule has 1 unspecified atom stereocenters. The van der Waals surface area contributed by atoms with Crippen molar-refractivity contribution in [2.24, 2.45) is 5.92 Å². The number of ether oxygens (including phenoxy) is 1. The number of benzene rings is 1. The lowest BCUT2D eigenvalue weighted by molar-refractivity contribution is -0.144. The fraction of sp³-hybridized carbons (Fsp3) is 0.231. The first kappa shape index (κ1) is 12.2. The summed E-state index contributed by atoms with van der Waals surface area (Å²) in [7, 11) is 0. The van der Waals surface area contributed by atoms with Gasteiger partial charge in [0.05, 0.1) is 0 Å². The lowest BCUT2D eigenvalue weighted by Gasteiger charge is -2.09. The molecule has 0 radical (unpaired) electrons. The lowest BCUT2D eigenvalue weighted by Crippen LogP contribution is -2.23. The predicted octanol–water partition coefficient (Wildman–Crippen LogP) is 2.23. The first-order valence-electron chi connectivity index (χ1n) is 5.03. The molecular weight excluding hydrogens is 204 g/mol. The van der Waals surface area contributed by atoms with E-state index < -0.39 is 11.9 Å². The van der Waals surface area contributed by atoms with Gasteiger partial charge in [-0.05, 0) is 6.92 Å². The molecule has 0 aliphatic rings. The van der Waals surface area contributed by atoms with Crippen LogP contribution in [0.15, 0.2) is 43.0 Å². The molecule has 1 rings (SSSR count). The molecule has 3 nitrogen and oxygen atoms in total. The first-order chi connectivity index (χ1) is 7.66. The Morgan fingerprint density at radius 2 is 2.00 bits per heavy atom. The Morgan fingerprint density at radius 1 is 1.38 bits per heavy atom. The molecule has 0 N–H and O–H groups in total. The molecule has 0 aromatic heterocycles. The van der Waals surface area contributed by atoms with Crippen LogP contribution in [0.25, 0.3) is 0 Å². The van der Waals surface area contributed by atoms with Gasteiger partial charge in [0.1, 0.15) is 12.5 Å². The highest BCUT2D eigenvalue weighted by atomic mass is 16.5. The third kappa shape index (κ3) is 3.05. The van der Waals surface area contributed by atoms with Gasteiger partial charge < -0.3 is 4.74 Å². The van der Waals surface area contributed by atoms with Crippen molar-refractivity contribution >= 4 is 11.8 Å². The molecule has 0 fully saturated rings. The van der Waals surface area contributed by atoms with Crippen molar-refractivity contribution in [3.05, 3.63) is 48.6 Å². The van der Waals surface area contributed by atoms with Crippen LogP contribution in [0, 0.1) is 5.92 Å². The highest BCUT2D eigenvalue weighted by Crippen LogP contribution is 2.10. The molecule has 0 bridgehead atoms. The minimum Gasteiger partial charge on any atom is -0.461 e. The molecule has 0 aliphatic heterocycles. The van der Waals surface area contributed by atoms with Crippen molar-refractivity contribution in [1.29, 1.82) is 0 Å². The first-order valence-corrected chi connectivity index (χ1v) is 5.03. The van der Waals surface area contributed by atoms with Gasteiger partial charge in [-0.2, -0.15) is 0 Å². The van der Waals surface area contributed by atoms with E-state index >= 15 is 0 Å². The van der Waals surface area contributed by atoms with E-state index in [1.807, 2.05) is 6.07 Å². The number of carbonyl (C=O) groups excluding carboxylic acids is 2. The summed E-state index contributed by atoms with van der Waals surface area (Å²) < 4.78 is 4.82. The van der Waals surface area contributed by atoms with Crippen molar-refractivity contribution in [3.63, 3.8) is 0 Å². The summed E-state index contributed by atoms with van der Waals surface area (Å²) in [6.07, 6.45) is 1.47. The maximum Gasteiger partial charge on any atom is 0.316 e. The van der Waals surface area contributed by atoms with Crippen LogP contribution in [0.4, 0.5) is 0 Å². The van der Waals surface area contributed by atoms with Gasteiger partial charge in [-0.1, -0.05) is 43.0 Å².